The fourth-order valence-corrected chi connectivity index (χ4v) is 1.53. The van der Waals surface area contributed by atoms with Crippen LogP contribution >= 0.6 is 15.9 Å². The van der Waals surface area contributed by atoms with Crippen molar-refractivity contribution in [1.82, 2.24) is 0 Å². The van der Waals surface area contributed by atoms with Gasteiger partial charge in [-0.1, -0.05) is 22.0 Å². The van der Waals surface area contributed by atoms with Crippen LogP contribution in [0.1, 0.15) is 5.56 Å². The molecule has 112 valence electrons. The van der Waals surface area contributed by atoms with Crippen LogP contribution in [-0.2, 0) is 11.2 Å². The number of carbonyl (C=O) groups excluding carboxylic acids is 1. The molecular formula is C11H8BrF5O3. The molecule has 0 spiro atoms. The first-order valence-electron chi connectivity index (χ1n) is 5.12. The monoisotopic (exact) mass is 362 g/mol. The van der Waals surface area contributed by atoms with Gasteiger partial charge in [0.15, 0.2) is 11.5 Å². The van der Waals surface area contributed by atoms with E-state index in [-0.39, 0.29) is 23.1 Å². The Kier molecular flexibility index (Phi) is 5.73. The molecule has 1 rings (SSSR count). The first kappa shape index (κ1) is 16.7. The highest BCUT2D eigenvalue weighted by molar-refractivity contribution is 9.09. The maximum Gasteiger partial charge on any atom is 0.573 e. The van der Waals surface area contributed by atoms with Crippen molar-refractivity contribution in [1.29, 1.82) is 0 Å². The van der Waals surface area contributed by atoms with Crippen molar-refractivity contribution in [3.05, 3.63) is 23.8 Å². The molecule has 20 heavy (non-hydrogen) atoms. The molecule has 0 N–H and O–H groups in total. The Morgan fingerprint density at radius 2 is 1.90 bits per heavy atom. The molecule has 0 saturated heterocycles. The van der Waals surface area contributed by atoms with E-state index in [0.717, 1.165) is 12.1 Å². The topological polar surface area (TPSA) is 35.5 Å². The Balaban J connectivity index is 3.04. The number of carbonyl (C=O) groups is 1. The number of rotatable bonds is 6. The molecule has 0 unspecified atom stereocenters. The Bertz CT molecular complexity index is 476. The smallest absolute Gasteiger partial charge is 0.431 e. The van der Waals surface area contributed by atoms with Crippen LogP contribution in [0.5, 0.6) is 11.5 Å². The summed E-state index contributed by atoms with van der Waals surface area (Å²) in [6, 6.07) is 2.94. The minimum absolute atomic E-state index is 0.0255. The molecule has 0 amide bonds. The van der Waals surface area contributed by atoms with Crippen LogP contribution in [0.25, 0.3) is 0 Å². The van der Waals surface area contributed by atoms with Crippen molar-refractivity contribution >= 4 is 21.7 Å². The number of hydrogen-bond acceptors (Lipinski definition) is 3. The van der Waals surface area contributed by atoms with E-state index in [1.165, 1.54) is 6.07 Å². The van der Waals surface area contributed by atoms with E-state index in [1.54, 1.807) is 0 Å². The molecule has 0 radical (unpaired) electrons. The molecule has 3 nitrogen and oxygen atoms in total. The average Bonchev–Trinajstić information content (AvgIpc) is 2.30. The summed E-state index contributed by atoms with van der Waals surface area (Å²) in [5.74, 6) is -1.96. The Hall–Kier alpha value is -1.38. The fourth-order valence-electron chi connectivity index (χ4n) is 1.34. The van der Waals surface area contributed by atoms with Gasteiger partial charge in [-0.05, 0) is 17.7 Å². The fraction of sp³-hybridized carbons (Fsp3) is 0.364. The third-order valence-electron chi connectivity index (χ3n) is 2.00. The van der Waals surface area contributed by atoms with E-state index in [1.807, 2.05) is 0 Å². The molecule has 9 heteroatoms. The number of Topliss-reactive ketones (excluding diaryl/α,β-unsaturated/α-hetero) is 1. The second kappa shape index (κ2) is 6.87. The summed E-state index contributed by atoms with van der Waals surface area (Å²) in [7, 11) is 0. The Morgan fingerprint density at radius 1 is 1.25 bits per heavy atom. The summed E-state index contributed by atoms with van der Waals surface area (Å²) in [6.45, 7) is -3.29. The largest absolute Gasteiger partial charge is 0.573 e. The molecule has 0 saturated carbocycles. The van der Waals surface area contributed by atoms with Gasteiger partial charge in [0.2, 0.25) is 0 Å². The lowest BCUT2D eigenvalue weighted by Gasteiger charge is -2.14. The van der Waals surface area contributed by atoms with Gasteiger partial charge in [0, 0.05) is 6.42 Å². The van der Waals surface area contributed by atoms with Gasteiger partial charge in [-0.25, -0.2) is 0 Å². The zero-order valence-electron chi connectivity index (χ0n) is 9.72. The highest BCUT2D eigenvalue weighted by Crippen LogP contribution is 2.34. The summed E-state index contributed by atoms with van der Waals surface area (Å²) in [6.07, 6.45) is -5.22. The second-order valence-corrected chi connectivity index (χ2v) is 4.12. The zero-order valence-corrected chi connectivity index (χ0v) is 11.3. The van der Waals surface area contributed by atoms with Crippen LogP contribution in [0.4, 0.5) is 22.0 Å². The lowest BCUT2D eigenvalue weighted by Crippen LogP contribution is -2.18. The molecule has 0 heterocycles. The number of ether oxygens (including phenoxy) is 2. The Morgan fingerprint density at radius 3 is 2.40 bits per heavy atom. The second-order valence-electron chi connectivity index (χ2n) is 3.56. The maximum absolute atomic E-state index is 12.2. The van der Waals surface area contributed by atoms with Crippen LogP contribution in [-0.4, -0.2) is 24.1 Å². The van der Waals surface area contributed by atoms with Gasteiger partial charge in [0.05, 0.1) is 5.33 Å². The molecule has 0 bridgehead atoms. The van der Waals surface area contributed by atoms with Crippen molar-refractivity contribution in [2.75, 3.05) is 5.33 Å². The van der Waals surface area contributed by atoms with Crippen LogP contribution in [0.15, 0.2) is 18.2 Å². The first-order valence-corrected chi connectivity index (χ1v) is 6.24. The molecule has 0 aliphatic carbocycles. The van der Waals surface area contributed by atoms with Crippen molar-refractivity contribution in [2.45, 2.75) is 19.4 Å². The molecular weight excluding hydrogens is 355 g/mol. The predicted molar refractivity (Wildman–Crippen MR) is 62.3 cm³/mol. The highest BCUT2D eigenvalue weighted by Gasteiger charge is 2.33. The van der Waals surface area contributed by atoms with Gasteiger partial charge in [-0.3, -0.25) is 4.79 Å². The minimum Gasteiger partial charge on any atom is -0.431 e. The van der Waals surface area contributed by atoms with Crippen LogP contribution in [0, 0.1) is 0 Å². The molecule has 0 aromatic heterocycles. The van der Waals surface area contributed by atoms with E-state index in [4.69, 9.17) is 0 Å². The number of benzene rings is 1. The minimum atomic E-state index is -5.06. The quantitative estimate of drug-likeness (QED) is 0.571. The summed E-state index contributed by atoms with van der Waals surface area (Å²) < 4.78 is 68.2. The van der Waals surface area contributed by atoms with E-state index in [2.05, 4.69) is 25.4 Å². The average molecular weight is 363 g/mol. The SMILES string of the molecule is O=C(CBr)Cc1ccc(OC(F)F)c(OC(F)(F)F)c1. The van der Waals surface area contributed by atoms with E-state index in [0.29, 0.717) is 0 Å². The molecule has 0 fully saturated rings. The number of ketones is 1. The lowest BCUT2D eigenvalue weighted by atomic mass is 10.1. The third kappa shape index (κ3) is 5.72. The van der Waals surface area contributed by atoms with Gasteiger partial charge >= 0.3 is 13.0 Å². The van der Waals surface area contributed by atoms with Crippen LogP contribution in [0.3, 0.4) is 0 Å². The van der Waals surface area contributed by atoms with E-state index >= 15 is 0 Å². The number of alkyl halides is 6. The van der Waals surface area contributed by atoms with Gasteiger partial charge in [0.1, 0.15) is 5.78 Å². The van der Waals surface area contributed by atoms with E-state index in [9.17, 15) is 26.7 Å². The molecule has 1 aromatic carbocycles. The third-order valence-corrected chi connectivity index (χ3v) is 2.63. The zero-order chi connectivity index (χ0) is 15.3. The Labute approximate surface area is 118 Å². The summed E-state index contributed by atoms with van der Waals surface area (Å²) >= 11 is 2.90. The standard InChI is InChI=1S/C11H8BrF5O3/c12-5-7(18)3-6-1-2-8(19-10(13)14)9(4-6)20-11(15,16)17/h1-2,4,10H,3,5H2. The highest BCUT2D eigenvalue weighted by atomic mass is 79.9. The number of halogens is 6. The van der Waals surface area contributed by atoms with Crippen molar-refractivity contribution in [2.24, 2.45) is 0 Å². The maximum atomic E-state index is 12.2. The molecule has 0 aliphatic heterocycles. The van der Waals surface area contributed by atoms with Gasteiger partial charge in [-0.2, -0.15) is 8.78 Å². The predicted octanol–water partition coefficient (Wildman–Crippen LogP) is 3.69. The van der Waals surface area contributed by atoms with Gasteiger partial charge in [-0.15, -0.1) is 13.2 Å². The van der Waals surface area contributed by atoms with Crippen molar-refractivity contribution < 1.29 is 36.2 Å². The van der Waals surface area contributed by atoms with Crippen LogP contribution in [0.2, 0.25) is 0 Å². The molecule has 0 aliphatic rings. The van der Waals surface area contributed by atoms with Crippen molar-refractivity contribution in [3.63, 3.8) is 0 Å². The summed E-state index contributed by atoms with van der Waals surface area (Å²) in [5, 5.41) is 0.0255. The summed E-state index contributed by atoms with van der Waals surface area (Å²) in [5.41, 5.74) is 0.190. The normalized spacial score (nSPS) is 11.6. The van der Waals surface area contributed by atoms with Crippen molar-refractivity contribution in [3.8, 4) is 11.5 Å². The lowest BCUT2D eigenvalue weighted by molar-refractivity contribution is -0.275. The first-order chi connectivity index (χ1) is 9.21. The summed E-state index contributed by atoms with van der Waals surface area (Å²) in [4.78, 5) is 11.2. The van der Waals surface area contributed by atoms with Crippen LogP contribution < -0.4 is 9.47 Å². The number of hydrogen-bond donors (Lipinski definition) is 0. The molecule has 1 aromatic rings. The molecule has 0 atom stereocenters. The van der Waals surface area contributed by atoms with Gasteiger partial charge in [0.25, 0.3) is 0 Å². The van der Waals surface area contributed by atoms with E-state index < -0.39 is 24.5 Å². The van der Waals surface area contributed by atoms with Gasteiger partial charge < -0.3 is 9.47 Å².